The van der Waals surface area contributed by atoms with Crippen LogP contribution < -0.4 is 9.47 Å². The summed E-state index contributed by atoms with van der Waals surface area (Å²) >= 11 is 3.60. The van der Waals surface area contributed by atoms with Crippen LogP contribution in [0.4, 0.5) is 0 Å². The normalized spacial score (nSPS) is 19.9. The van der Waals surface area contributed by atoms with E-state index in [2.05, 4.69) is 33.3 Å². The van der Waals surface area contributed by atoms with Crippen molar-refractivity contribution < 1.29 is 28.2 Å². The Hall–Kier alpha value is -1.64. The molecule has 0 saturated heterocycles. The topological polar surface area (TPSA) is 89.8 Å². The molecule has 0 radical (unpaired) electrons. The predicted octanol–water partition coefficient (Wildman–Crippen LogP) is 4.44. The molecule has 0 aliphatic carbocycles. The Morgan fingerprint density at radius 1 is 1.37 bits per heavy atom. The molecular weight excluding hydrogens is 475 g/mol. The van der Waals surface area contributed by atoms with Crippen molar-refractivity contribution in [3.63, 3.8) is 0 Å². The van der Waals surface area contributed by atoms with E-state index in [9.17, 15) is 9.67 Å². The van der Waals surface area contributed by atoms with Crippen molar-refractivity contribution in [3.8, 4) is 11.5 Å². The summed E-state index contributed by atoms with van der Waals surface area (Å²) < 4.78 is 39.0. The molecule has 0 amide bonds. The molecule has 0 saturated carbocycles. The van der Waals surface area contributed by atoms with Gasteiger partial charge in [0.25, 0.3) is 0 Å². The van der Waals surface area contributed by atoms with E-state index in [1.54, 1.807) is 6.08 Å². The summed E-state index contributed by atoms with van der Waals surface area (Å²) in [5.74, 6) is 1.94. The molecule has 3 rings (SSSR count). The number of halogens is 1. The van der Waals surface area contributed by atoms with Gasteiger partial charge in [-0.3, -0.25) is 9.05 Å². The fourth-order valence-electron chi connectivity index (χ4n) is 3.39. The Labute approximate surface area is 184 Å². The van der Waals surface area contributed by atoms with Gasteiger partial charge in [-0.15, -0.1) is 6.58 Å². The third kappa shape index (κ3) is 5.15. The highest BCUT2D eigenvalue weighted by atomic mass is 79.9. The lowest BCUT2D eigenvalue weighted by Crippen LogP contribution is -2.41. The third-order valence-corrected chi connectivity index (χ3v) is 7.10. The van der Waals surface area contributed by atoms with Gasteiger partial charge in [-0.1, -0.05) is 33.7 Å². The molecule has 1 aromatic carbocycles. The van der Waals surface area contributed by atoms with Gasteiger partial charge in [-0.2, -0.15) is 4.76 Å². The average molecular weight is 501 g/mol. The first kappa shape index (κ1) is 23.0. The summed E-state index contributed by atoms with van der Waals surface area (Å²) in [5.41, 5.74) is 2.04. The van der Waals surface area contributed by atoms with E-state index in [0.29, 0.717) is 43.1 Å². The van der Waals surface area contributed by atoms with Crippen molar-refractivity contribution in [2.75, 3.05) is 27.6 Å². The maximum atomic E-state index is 12.8. The lowest BCUT2D eigenvalue weighted by Gasteiger charge is -2.36. The second kappa shape index (κ2) is 10.1. The Morgan fingerprint density at radius 2 is 2.07 bits per heavy atom. The summed E-state index contributed by atoms with van der Waals surface area (Å²) in [5, 5.41) is 9.20. The SMILES string of the molecule is C=CC1C=C(CCCO)C/C(=N/P(=O)(OC)OC)N1Cc1cc2c(cc1Br)OCO2. The van der Waals surface area contributed by atoms with E-state index in [1.807, 2.05) is 17.0 Å². The van der Waals surface area contributed by atoms with Crippen molar-refractivity contribution in [3.05, 3.63) is 46.5 Å². The van der Waals surface area contributed by atoms with Crippen LogP contribution in [0.25, 0.3) is 0 Å². The van der Waals surface area contributed by atoms with Gasteiger partial charge >= 0.3 is 7.75 Å². The minimum atomic E-state index is -3.63. The Balaban J connectivity index is 1.99. The molecule has 2 aliphatic rings. The van der Waals surface area contributed by atoms with Crippen LogP contribution >= 0.6 is 23.7 Å². The standard InChI is InChI=1S/C20H26BrN2O6P/c1-4-16-8-14(6-5-7-24)9-20(22-30(25,26-2)27-3)23(16)12-15-10-18-19(11-17(15)21)29-13-28-18/h4,8,10-11,16,24H,1,5-7,9,12-13H2,2-3H3/b22-20-. The quantitative estimate of drug-likeness (QED) is 0.396. The van der Waals surface area contributed by atoms with Crippen molar-refractivity contribution in [2.24, 2.45) is 4.76 Å². The van der Waals surface area contributed by atoms with Crippen LogP contribution in [0.5, 0.6) is 11.5 Å². The summed E-state index contributed by atoms with van der Waals surface area (Å²) in [6.07, 6.45) is 5.74. The molecule has 0 bridgehead atoms. The zero-order valence-electron chi connectivity index (χ0n) is 17.0. The number of amidine groups is 1. The largest absolute Gasteiger partial charge is 0.454 e. The minimum absolute atomic E-state index is 0.102. The van der Waals surface area contributed by atoms with E-state index in [-0.39, 0.29) is 19.4 Å². The number of aliphatic hydroxyl groups excluding tert-OH is 1. The van der Waals surface area contributed by atoms with Crippen LogP contribution in [0, 0.1) is 0 Å². The molecule has 1 unspecified atom stereocenters. The smallest absolute Gasteiger partial charge is 0.454 e. The maximum Gasteiger partial charge on any atom is 0.454 e. The molecule has 1 N–H and O–H groups in total. The molecule has 2 aliphatic heterocycles. The summed E-state index contributed by atoms with van der Waals surface area (Å²) in [4.78, 5) is 2.00. The Bertz CT molecular complexity index is 896. The predicted molar refractivity (Wildman–Crippen MR) is 118 cm³/mol. The molecule has 10 heteroatoms. The first-order valence-electron chi connectivity index (χ1n) is 9.51. The Morgan fingerprint density at radius 3 is 2.70 bits per heavy atom. The van der Waals surface area contributed by atoms with Gasteiger partial charge < -0.3 is 19.5 Å². The third-order valence-electron chi connectivity index (χ3n) is 4.96. The number of rotatable bonds is 9. The number of aliphatic hydroxyl groups is 1. The first-order valence-corrected chi connectivity index (χ1v) is 11.8. The van der Waals surface area contributed by atoms with Gasteiger partial charge in [0, 0.05) is 38.3 Å². The number of ether oxygens (including phenoxy) is 2. The average Bonchev–Trinajstić information content (AvgIpc) is 3.20. The zero-order valence-corrected chi connectivity index (χ0v) is 19.5. The number of nitrogens with zero attached hydrogens (tertiary/aromatic N) is 2. The van der Waals surface area contributed by atoms with Crippen molar-refractivity contribution >= 4 is 29.5 Å². The number of hydrogen-bond acceptors (Lipinski definition) is 6. The number of fused-ring (bicyclic) bond motifs is 1. The second-order valence-corrected chi connectivity index (χ2v) is 9.55. The van der Waals surface area contributed by atoms with E-state index in [1.165, 1.54) is 14.2 Å². The zero-order chi connectivity index (χ0) is 21.7. The second-order valence-electron chi connectivity index (χ2n) is 6.83. The monoisotopic (exact) mass is 500 g/mol. The van der Waals surface area contributed by atoms with E-state index < -0.39 is 7.75 Å². The van der Waals surface area contributed by atoms with E-state index in [0.717, 1.165) is 15.6 Å². The molecule has 8 nitrogen and oxygen atoms in total. The van der Waals surface area contributed by atoms with Gasteiger partial charge in [0.2, 0.25) is 6.79 Å². The molecule has 0 fully saturated rings. The van der Waals surface area contributed by atoms with Gasteiger partial charge in [-0.25, -0.2) is 4.57 Å². The maximum absolute atomic E-state index is 12.8. The van der Waals surface area contributed by atoms with Gasteiger partial charge in [0.15, 0.2) is 11.5 Å². The van der Waals surface area contributed by atoms with E-state index >= 15 is 0 Å². The fraction of sp³-hybridized carbons (Fsp3) is 0.450. The van der Waals surface area contributed by atoms with Crippen LogP contribution in [0.2, 0.25) is 0 Å². The molecule has 0 spiro atoms. The molecule has 1 aromatic rings. The van der Waals surface area contributed by atoms with Crippen LogP contribution in [-0.4, -0.2) is 49.5 Å². The molecule has 2 heterocycles. The summed E-state index contributed by atoms with van der Waals surface area (Å²) in [6, 6.07) is 3.62. The highest BCUT2D eigenvalue weighted by molar-refractivity contribution is 9.10. The fourth-order valence-corrected chi connectivity index (χ4v) is 4.62. The summed E-state index contributed by atoms with van der Waals surface area (Å²) in [7, 11) is -1.01. The lowest BCUT2D eigenvalue weighted by atomic mass is 9.96. The molecule has 164 valence electrons. The summed E-state index contributed by atoms with van der Waals surface area (Å²) in [6.45, 7) is 4.72. The lowest BCUT2D eigenvalue weighted by molar-refractivity contribution is 0.174. The van der Waals surface area contributed by atoms with Gasteiger partial charge in [0.1, 0.15) is 5.84 Å². The van der Waals surface area contributed by atoms with Gasteiger partial charge in [0.05, 0.1) is 6.04 Å². The minimum Gasteiger partial charge on any atom is -0.454 e. The highest BCUT2D eigenvalue weighted by Gasteiger charge is 2.30. The van der Waals surface area contributed by atoms with Crippen LogP contribution in [0.15, 0.2) is 45.7 Å². The molecule has 30 heavy (non-hydrogen) atoms. The number of hydrogen-bond donors (Lipinski definition) is 1. The van der Waals surface area contributed by atoms with Crippen LogP contribution in [0.3, 0.4) is 0 Å². The Kier molecular flexibility index (Phi) is 7.76. The van der Waals surface area contributed by atoms with E-state index in [4.69, 9.17) is 18.5 Å². The molecular formula is C20H26BrN2O6P. The van der Waals surface area contributed by atoms with Crippen LogP contribution in [-0.2, 0) is 20.2 Å². The van der Waals surface area contributed by atoms with Crippen molar-refractivity contribution in [1.82, 2.24) is 4.90 Å². The number of benzene rings is 1. The van der Waals surface area contributed by atoms with Crippen molar-refractivity contribution in [1.29, 1.82) is 0 Å². The van der Waals surface area contributed by atoms with Crippen LogP contribution in [0.1, 0.15) is 24.8 Å². The molecule has 0 aromatic heterocycles. The highest BCUT2D eigenvalue weighted by Crippen LogP contribution is 2.49. The van der Waals surface area contributed by atoms with Crippen molar-refractivity contribution in [2.45, 2.75) is 31.8 Å². The first-order chi connectivity index (χ1) is 14.4. The van der Waals surface area contributed by atoms with Gasteiger partial charge in [-0.05, 0) is 30.5 Å². The molecule has 1 atom stereocenters.